The molecule has 20 heavy (non-hydrogen) atoms. The number of benzene rings is 1. The first-order valence-corrected chi connectivity index (χ1v) is 6.80. The van der Waals surface area contributed by atoms with Gasteiger partial charge < -0.3 is 4.74 Å². The topological polar surface area (TPSA) is 52.8 Å². The second kappa shape index (κ2) is 5.42. The lowest BCUT2D eigenvalue weighted by Gasteiger charge is -2.02. The van der Waals surface area contributed by atoms with Gasteiger partial charge in [0.1, 0.15) is 6.33 Å². The molecule has 0 aliphatic carbocycles. The number of halogens is 1. The third-order valence-corrected chi connectivity index (χ3v) is 3.52. The minimum atomic E-state index is 0.267. The Hall–Kier alpha value is -2.21. The van der Waals surface area contributed by atoms with Crippen LogP contribution in [0.3, 0.4) is 0 Å². The number of hydrogen-bond donors (Lipinski definition) is 0. The van der Waals surface area contributed by atoms with E-state index in [0.717, 1.165) is 15.9 Å². The fraction of sp³-hybridized carbons (Fsp3) is 0.0714. The molecule has 0 saturated heterocycles. The molecule has 0 unspecified atom stereocenters. The van der Waals surface area contributed by atoms with Crippen molar-refractivity contribution in [2.45, 2.75) is 6.92 Å². The van der Waals surface area contributed by atoms with Gasteiger partial charge in [-0.1, -0.05) is 18.2 Å². The summed E-state index contributed by atoms with van der Waals surface area (Å²) in [5.74, 6) is 0.469. The van der Waals surface area contributed by atoms with E-state index in [1.165, 1.54) is 0 Å². The van der Waals surface area contributed by atoms with Crippen molar-refractivity contribution in [2.75, 3.05) is 0 Å². The maximum absolute atomic E-state index is 5.54. The van der Waals surface area contributed by atoms with Crippen LogP contribution >= 0.6 is 15.9 Å². The van der Waals surface area contributed by atoms with Crippen LogP contribution in [-0.4, -0.2) is 19.7 Å². The molecule has 2 aromatic heterocycles. The monoisotopic (exact) mass is 330 g/mol. The Morgan fingerprint density at radius 3 is 2.65 bits per heavy atom. The normalized spacial score (nSPS) is 10.5. The van der Waals surface area contributed by atoms with E-state index in [4.69, 9.17) is 4.74 Å². The van der Waals surface area contributed by atoms with Gasteiger partial charge >= 0.3 is 6.01 Å². The summed E-state index contributed by atoms with van der Waals surface area (Å²) in [6.45, 7) is 1.90. The first-order chi connectivity index (χ1) is 9.72. The Labute approximate surface area is 124 Å². The molecule has 0 spiro atoms. The Balaban J connectivity index is 1.82. The van der Waals surface area contributed by atoms with Gasteiger partial charge in [0.05, 0.1) is 11.4 Å². The van der Waals surface area contributed by atoms with Crippen LogP contribution < -0.4 is 4.74 Å². The van der Waals surface area contributed by atoms with Gasteiger partial charge in [-0.25, -0.2) is 9.67 Å². The molecule has 0 saturated carbocycles. The maximum Gasteiger partial charge on any atom is 0.342 e. The molecule has 0 aliphatic heterocycles. The van der Waals surface area contributed by atoms with Crippen molar-refractivity contribution in [3.05, 3.63) is 59.0 Å². The van der Waals surface area contributed by atoms with Crippen LogP contribution in [0.4, 0.5) is 0 Å². The fourth-order valence-corrected chi connectivity index (χ4v) is 1.89. The molecule has 100 valence electrons. The molecule has 2 heterocycles. The van der Waals surface area contributed by atoms with Crippen molar-refractivity contribution in [1.82, 2.24) is 19.7 Å². The van der Waals surface area contributed by atoms with Gasteiger partial charge in [0.25, 0.3) is 0 Å². The molecule has 0 atom stereocenters. The molecule has 0 bridgehead atoms. The van der Waals surface area contributed by atoms with E-state index >= 15 is 0 Å². The van der Waals surface area contributed by atoms with Gasteiger partial charge in [0, 0.05) is 10.5 Å². The molecule has 0 radical (unpaired) electrons. The van der Waals surface area contributed by atoms with Crippen molar-refractivity contribution in [3.8, 4) is 17.6 Å². The highest BCUT2D eigenvalue weighted by Gasteiger charge is 2.07. The minimum Gasteiger partial charge on any atom is -0.404 e. The second-order valence-corrected chi connectivity index (χ2v) is 4.98. The summed E-state index contributed by atoms with van der Waals surface area (Å²) in [5.41, 5.74) is 1.78. The quantitative estimate of drug-likeness (QED) is 0.737. The summed E-state index contributed by atoms with van der Waals surface area (Å²) in [7, 11) is 0. The maximum atomic E-state index is 5.54. The first-order valence-electron chi connectivity index (χ1n) is 6.00. The first kappa shape index (κ1) is 12.8. The van der Waals surface area contributed by atoms with Gasteiger partial charge in [-0.2, -0.15) is 4.98 Å². The number of rotatable bonds is 3. The van der Waals surface area contributed by atoms with Crippen LogP contribution in [0.1, 0.15) is 5.69 Å². The smallest absolute Gasteiger partial charge is 0.342 e. The van der Waals surface area contributed by atoms with Crippen molar-refractivity contribution in [3.63, 3.8) is 0 Å². The number of aryl methyl sites for hydroxylation is 1. The van der Waals surface area contributed by atoms with Gasteiger partial charge in [0.15, 0.2) is 0 Å². The molecule has 6 heteroatoms. The molecule has 0 fully saturated rings. The molecule has 3 rings (SSSR count). The summed E-state index contributed by atoms with van der Waals surface area (Å²) in [6, 6.07) is 13.6. The predicted molar refractivity (Wildman–Crippen MR) is 78.1 cm³/mol. The van der Waals surface area contributed by atoms with Gasteiger partial charge in [-0.3, -0.25) is 0 Å². The Bertz CT molecular complexity index is 727. The zero-order valence-electron chi connectivity index (χ0n) is 10.7. The van der Waals surface area contributed by atoms with Crippen LogP contribution in [0, 0.1) is 6.92 Å². The molecule has 3 aromatic rings. The zero-order chi connectivity index (χ0) is 13.9. The average molecular weight is 331 g/mol. The van der Waals surface area contributed by atoms with Crippen LogP contribution in [-0.2, 0) is 0 Å². The summed E-state index contributed by atoms with van der Waals surface area (Å²) in [4.78, 5) is 8.41. The SMILES string of the molecule is Cc1nc(Oc2ncn(-c3ccccc3)n2)ccc1Br. The number of nitrogens with zero attached hydrogens (tertiary/aromatic N) is 4. The Kier molecular flexibility index (Phi) is 3.47. The highest BCUT2D eigenvalue weighted by atomic mass is 79.9. The van der Waals surface area contributed by atoms with E-state index in [1.54, 1.807) is 17.1 Å². The lowest BCUT2D eigenvalue weighted by molar-refractivity contribution is 0.423. The number of ether oxygens (including phenoxy) is 1. The molecular formula is C14H11BrN4O. The fourth-order valence-electron chi connectivity index (χ4n) is 1.67. The highest BCUT2D eigenvalue weighted by Crippen LogP contribution is 2.21. The molecule has 1 aromatic carbocycles. The predicted octanol–water partition coefficient (Wildman–Crippen LogP) is 3.53. The average Bonchev–Trinajstić information content (AvgIpc) is 2.92. The number of para-hydroxylation sites is 1. The third-order valence-electron chi connectivity index (χ3n) is 2.68. The van der Waals surface area contributed by atoms with Crippen molar-refractivity contribution < 1.29 is 4.74 Å². The van der Waals surface area contributed by atoms with E-state index in [1.807, 2.05) is 43.3 Å². The van der Waals surface area contributed by atoms with Crippen molar-refractivity contribution in [2.24, 2.45) is 0 Å². The van der Waals surface area contributed by atoms with E-state index in [9.17, 15) is 0 Å². The zero-order valence-corrected chi connectivity index (χ0v) is 12.3. The summed E-state index contributed by atoms with van der Waals surface area (Å²) >= 11 is 3.40. The molecule has 0 aliphatic rings. The van der Waals surface area contributed by atoms with Crippen LogP contribution in [0.5, 0.6) is 11.9 Å². The van der Waals surface area contributed by atoms with Crippen LogP contribution in [0.2, 0.25) is 0 Å². The standard InChI is InChI=1S/C14H11BrN4O/c1-10-12(15)7-8-13(17-10)20-14-16-9-19(18-14)11-5-3-2-4-6-11/h2-9H,1H3. The largest absolute Gasteiger partial charge is 0.404 e. The molecular weight excluding hydrogens is 320 g/mol. The van der Waals surface area contributed by atoms with E-state index in [0.29, 0.717) is 5.88 Å². The van der Waals surface area contributed by atoms with E-state index in [2.05, 4.69) is 31.0 Å². The number of aromatic nitrogens is 4. The van der Waals surface area contributed by atoms with Gasteiger partial charge in [-0.05, 0) is 41.1 Å². The van der Waals surface area contributed by atoms with Crippen LogP contribution in [0.25, 0.3) is 5.69 Å². The Morgan fingerprint density at radius 2 is 1.90 bits per heavy atom. The summed E-state index contributed by atoms with van der Waals surface area (Å²) < 4.78 is 8.13. The van der Waals surface area contributed by atoms with E-state index in [-0.39, 0.29) is 6.01 Å². The lowest BCUT2D eigenvalue weighted by atomic mass is 10.3. The van der Waals surface area contributed by atoms with E-state index < -0.39 is 0 Å². The highest BCUT2D eigenvalue weighted by molar-refractivity contribution is 9.10. The third kappa shape index (κ3) is 2.70. The van der Waals surface area contributed by atoms with Gasteiger partial charge in [-0.15, -0.1) is 5.10 Å². The summed E-state index contributed by atoms with van der Waals surface area (Å²) in [6.07, 6.45) is 1.61. The van der Waals surface area contributed by atoms with Crippen molar-refractivity contribution in [1.29, 1.82) is 0 Å². The number of hydrogen-bond acceptors (Lipinski definition) is 4. The molecule has 0 amide bonds. The number of pyridine rings is 1. The van der Waals surface area contributed by atoms with Crippen LogP contribution in [0.15, 0.2) is 53.3 Å². The Morgan fingerprint density at radius 1 is 1.10 bits per heavy atom. The lowest BCUT2D eigenvalue weighted by Crippen LogP contribution is -1.95. The van der Waals surface area contributed by atoms with Crippen molar-refractivity contribution >= 4 is 15.9 Å². The van der Waals surface area contributed by atoms with Gasteiger partial charge in [0.2, 0.25) is 5.88 Å². The molecule has 0 N–H and O–H groups in total. The second-order valence-electron chi connectivity index (χ2n) is 4.13. The summed E-state index contributed by atoms with van der Waals surface area (Å²) in [5, 5.41) is 4.26. The molecule has 5 nitrogen and oxygen atoms in total. The minimum absolute atomic E-state index is 0.267.